The van der Waals surface area contributed by atoms with E-state index in [9.17, 15) is 26.0 Å². The van der Waals surface area contributed by atoms with Gasteiger partial charge in [0, 0.05) is 13.7 Å². The highest BCUT2D eigenvalue weighted by molar-refractivity contribution is 7.89. The minimum absolute atomic E-state index is 0.191. The van der Waals surface area contributed by atoms with E-state index in [2.05, 4.69) is 9.46 Å². The van der Waals surface area contributed by atoms with Crippen molar-refractivity contribution in [1.29, 1.82) is 0 Å². The Hall–Kier alpha value is -2.17. The lowest BCUT2D eigenvalue weighted by atomic mass is 10.1. The number of ether oxygens (including phenoxy) is 2. The van der Waals surface area contributed by atoms with Gasteiger partial charge in [-0.1, -0.05) is 12.1 Å². The van der Waals surface area contributed by atoms with Crippen molar-refractivity contribution in [2.75, 3.05) is 13.7 Å². The second-order valence-corrected chi connectivity index (χ2v) is 6.92. The number of hydrogen-bond acceptors (Lipinski definition) is 4. The Morgan fingerprint density at radius 2 is 1.77 bits per heavy atom. The summed E-state index contributed by atoms with van der Waals surface area (Å²) in [5.74, 6) is -1.03. The highest BCUT2D eigenvalue weighted by Crippen LogP contribution is 2.24. The van der Waals surface area contributed by atoms with Crippen molar-refractivity contribution in [3.05, 3.63) is 59.9 Å². The van der Waals surface area contributed by atoms with Crippen LogP contribution < -0.4 is 9.46 Å². The van der Waals surface area contributed by atoms with Gasteiger partial charge in [-0.15, -0.1) is 13.2 Å². The number of benzene rings is 2. The molecule has 0 unspecified atom stereocenters. The molecule has 0 radical (unpaired) electrons. The third kappa shape index (κ3) is 5.68. The largest absolute Gasteiger partial charge is 0.573 e. The smallest absolute Gasteiger partial charge is 0.406 e. The topological polar surface area (TPSA) is 64.6 Å². The molecule has 0 saturated heterocycles. The molecule has 0 aliphatic rings. The quantitative estimate of drug-likeness (QED) is 0.733. The molecule has 0 aliphatic carbocycles. The van der Waals surface area contributed by atoms with Crippen LogP contribution in [-0.4, -0.2) is 28.4 Å². The van der Waals surface area contributed by atoms with Gasteiger partial charge in [0.2, 0.25) is 10.0 Å². The number of rotatable bonds is 7. The number of sulfonamides is 1. The summed E-state index contributed by atoms with van der Waals surface area (Å²) >= 11 is 0. The van der Waals surface area contributed by atoms with Gasteiger partial charge in [-0.2, -0.15) is 0 Å². The van der Waals surface area contributed by atoms with Gasteiger partial charge in [0.25, 0.3) is 0 Å². The van der Waals surface area contributed by atoms with E-state index in [1.807, 2.05) is 0 Å². The van der Waals surface area contributed by atoms with E-state index in [1.54, 1.807) is 6.07 Å². The minimum Gasteiger partial charge on any atom is -0.406 e. The molecule has 0 spiro atoms. The lowest BCUT2D eigenvalue weighted by Gasteiger charge is -2.17. The molecule has 5 nitrogen and oxygen atoms in total. The van der Waals surface area contributed by atoms with Crippen LogP contribution in [0.15, 0.2) is 53.4 Å². The molecular weight excluding hydrogens is 378 g/mol. The van der Waals surface area contributed by atoms with E-state index >= 15 is 0 Å². The Morgan fingerprint density at radius 3 is 2.31 bits per heavy atom. The first-order chi connectivity index (χ1) is 12.1. The average Bonchev–Trinajstić information content (AvgIpc) is 2.54. The zero-order valence-corrected chi connectivity index (χ0v) is 14.3. The maximum absolute atomic E-state index is 13.3. The van der Waals surface area contributed by atoms with Crippen molar-refractivity contribution in [1.82, 2.24) is 4.72 Å². The second-order valence-electron chi connectivity index (χ2n) is 5.15. The van der Waals surface area contributed by atoms with E-state index in [0.29, 0.717) is 5.56 Å². The molecule has 2 aromatic rings. The van der Waals surface area contributed by atoms with Gasteiger partial charge in [0.15, 0.2) is 0 Å². The van der Waals surface area contributed by atoms with E-state index in [4.69, 9.17) is 4.74 Å². The predicted molar refractivity (Wildman–Crippen MR) is 84.5 cm³/mol. The summed E-state index contributed by atoms with van der Waals surface area (Å²) < 4.78 is 85.2. The van der Waals surface area contributed by atoms with E-state index < -0.39 is 34.1 Å². The molecule has 2 aromatic carbocycles. The molecule has 1 atom stereocenters. The molecule has 0 amide bonds. The van der Waals surface area contributed by atoms with Crippen molar-refractivity contribution in [3.63, 3.8) is 0 Å². The van der Waals surface area contributed by atoms with Crippen LogP contribution >= 0.6 is 0 Å². The Labute approximate surface area is 147 Å². The third-order valence-corrected chi connectivity index (χ3v) is 4.77. The lowest BCUT2D eigenvalue weighted by Crippen LogP contribution is -2.29. The van der Waals surface area contributed by atoms with Crippen LogP contribution in [0.4, 0.5) is 17.6 Å². The van der Waals surface area contributed by atoms with Crippen LogP contribution in [0.5, 0.6) is 5.75 Å². The van der Waals surface area contributed by atoms with Crippen molar-refractivity contribution < 1.29 is 35.5 Å². The standard InChI is InChI=1S/C16H15F4NO4S/c1-24-15(11-3-2-4-12(17)9-11)10-21-26(22,23)14-7-5-13(6-8-14)25-16(18,19)20/h2-9,15,21H,10H2,1H3/t15-/m0/s1. The molecule has 0 aliphatic heterocycles. The summed E-state index contributed by atoms with van der Waals surface area (Å²) in [6.07, 6.45) is -5.61. The summed E-state index contributed by atoms with van der Waals surface area (Å²) in [5, 5.41) is 0. The summed E-state index contributed by atoms with van der Waals surface area (Å²) in [4.78, 5) is -0.249. The summed E-state index contributed by atoms with van der Waals surface area (Å²) in [6, 6.07) is 9.24. The Balaban J connectivity index is 2.08. The second kappa shape index (κ2) is 8.02. The summed E-state index contributed by atoms with van der Waals surface area (Å²) in [6.45, 7) is -0.191. The summed E-state index contributed by atoms with van der Waals surface area (Å²) in [5.41, 5.74) is 0.434. The van der Waals surface area contributed by atoms with Gasteiger partial charge in [-0.25, -0.2) is 17.5 Å². The first kappa shape index (κ1) is 20.1. The zero-order chi connectivity index (χ0) is 19.4. The SMILES string of the molecule is CO[C@@H](CNS(=O)(=O)c1ccc(OC(F)(F)F)cc1)c1cccc(F)c1. The van der Waals surface area contributed by atoms with Crippen LogP contribution in [0.25, 0.3) is 0 Å². The first-order valence-electron chi connectivity index (χ1n) is 7.24. The van der Waals surface area contributed by atoms with Crippen LogP contribution in [0.2, 0.25) is 0 Å². The van der Waals surface area contributed by atoms with Crippen LogP contribution in [0.3, 0.4) is 0 Å². The first-order valence-corrected chi connectivity index (χ1v) is 8.73. The number of nitrogens with one attached hydrogen (secondary N) is 1. The third-order valence-electron chi connectivity index (χ3n) is 3.33. The maximum atomic E-state index is 13.3. The van der Waals surface area contributed by atoms with Gasteiger partial charge < -0.3 is 9.47 Å². The molecule has 142 valence electrons. The Morgan fingerprint density at radius 1 is 1.12 bits per heavy atom. The molecule has 0 saturated carbocycles. The van der Waals surface area contributed by atoms with Gasteiger partial charge in [-0.05, 0) is 42.0 Å². The van der Waals surface area contributed by atoms with Crippen LogP contribution in [-0.2, 0) is 14.8 Å². The lowest BCUT2D eigenvalue weighted by molar-refractivity contribution is -0.274. The van der Waals surface area contributed by atoms with Crippen molar-refractivity contribution in [2.45, 2.75) is 17.4 Å². The van der Waals surface area contributed by atoms with Gasteiger partial charge in [-0.3, -0.25) is 0 Å². The van der Waals surface area contributed by atoms with E-state index in [0.717, 1.165) is 24.3 Å². The van der Waals surface area contributed by atoms with E-state index in [1.165, 1.54) is 25.3 Å². The fourth-order valence-corrected chi connectivity index (χ4v) is 3.17. The average molecular weight is 393 g/mol. The summed E-state index contributed by atoms with van der Waals surface area (Å²) in [7, 11) is -2.66. The number of hydrogen-bond donors (Lipinski definition) is 1. The van der Waals surface area contributed by atoms with Gasteiger partial charge in [0.05, 0.1) is 11.0 Å². The van der Waals surface area contributed by atoms with Crippen LogP contribution in [0.1, 0.15) is 11.7 Å². The van der Waals surface area contributed by atoms with Gasteiger partial charge >= 0.3 is 6.36 Å². The Bertz CT molecular complexity index is 838. The monoisotopic (exact) mass is 393 g/mol. The van der Waals surface area contributed by atoms with Crippen molar-refractivity contribution in [3.8, 4) is 5.75 Å². The molecule has 2 rings (SSSR count). The maximum Gasteiger partial charge on any atom is 0.573 e. The number of alkyl halides is 3. The zero-order valence-electron chi connectivity index (χ0n) is 13.5. The molecule has 1 N–H and O–H groups in total. The predicted octanol–water partition coefficient (Wildman–Crippen LogP) is 3.39. The molecule has 0 bridgehead atoms. The fraction of sp³-hybridized carbons (Fsp3) is 0.250. The highest BCUT2D eigenvalue weighted by Gasteiger charge is 2.31. The van der Waals surface area contributed by atoms with Crippen molar-refractivity contribution in [2.24, 2.45) is 0 Å². The minimum atomic E-state index is -4.87. The number of methoxy groups -OCH3 is 1. The Kier molecular flexibility index (Phi) is 6.21. The van der Waals surface area contributed by atoms with E-state index in [-0.39, 0.29) is 11.4 Å². The van der Waals surface area contributed by atoms with Gasteiger partial charge in [0.1, 0.15) is 11.6 Å². The molecule has 10 heteroatoms. The van der Waals surface area contributed by atoms with Crippen LogP contribution in [0, 0.1) is 5.82 Å². The number of halogens is 4. The fourth-order valence-electron chi connectivity index (χ4n) is 2.13. The van der Waals surface area contributed by atoms with Crippen molar-refractivity contribution >= 4 is 10.0 Å². The molecule has 0 aromatic heterocycles. The molecule has 0 fully saturated rings. The molecular formula is C16H15F4NO4S. The highest BCUT2D eigenvalue weighted by atomic mass is 32.2. The normalized spacial score (nSPS) is 13.4. The molecule has 0 heterocycles. The molecule has 26 heavy (non-hydrogen) atoms.